The predicted octanol–water partition coefficient (Wildman–Crippen LogP) is 2.57. The standard InChI is InChI=1S/C13H10N4OS/c1-5-14-6-2-10(1)13-17-16-12(19-13)9-18-11-3-7-15-8-4-11/h1-8H,9H2. The van der Waals surface area contributed by atoms with Gasteiger partial charge in [-0.2, -0.15) is 0 Å². The summed E-state index contributed by atoms with van der Waals surface area (Å²) in [7, 11) is 0. The van der Waals surface area contributed by atoms with Crippen molar-refractivity contribution in [3.63, 3.8) is 0 Å². The minimum absolute atomic E-state index is 0.409. The molecule has 3 aromatic heterocycles. The fourth-order valence-corrected chi connectivity index (χ4v) is 2.26. The first-order valence-electron chi connectivity index (χ1n) is 5.67. The van der Waals surface area contributed by atoms with E-state index in [4.69, 9.17) is 4.74 Å². The van der Waals surface area contributed by atoms with Crippen LogP contribution in [0.2, 0.25) is 0 Å². The molecule has 0 atom stereocenters. The monoisotopic (exact) mass is 270 g/mol. The molecule has 3 rings (SSSR count). The summed E-state index contributed by atoms with van der Waals surface area (Å²) in [5, 5.41) is 9.97. The van der Waals surface area contributed by atoms with E-state index in [2.05, 4.69) is 20.2 Å². The molecule has 19 heavy (non-hydrogen) atoms. The number of nitrogens with zero attached hydrogens (tertiary/aromatic N) is 4. The summed E-state index contributed by atoms with van der Waals surface area (Å²) in [6, 6.07) is 7.44. The lowest BCUT2D eigenvalue weighted by Gasteiger charge is -2.01. The first-order chi connectivity index (χ1) is 9.42. The van der Waals surface area contributed by atoms with Gasteiger partial charge >= 0.3 is 0 Å². The molecule has 0 saturated carbocycles. The van der Waals surface area contributed by atoms with E-state index in [-0.39, 0.29) is 0 Å². The van der Waals surface area contributed by atoms with E-state index in [1.807, 2.05) is 24.3 Å². The van der Waals surface area contributed by atoms with Gasteiger partial charge < -0.3 is 4.74 Å². The molecule has 0 bridgehead atoms. The Hall–Kier alpha value is -2.34. The number of hydrogen-bond donors (Lipinski definition) is 0. The highest BCUT2D eigenvalue weighted by Gasteiger charge is 2.06. The molecule has 5 nitrogen and oxygen atoms in total. The second-order valence-corrected chi connectivity index (χ2v) is 4.77. The molecule has 0 N–H and O–H groups in total. The average molecular weight is 270 g/mol. The Bertz CT molecular complexity index is 642. The molecule has 0 aromatic carbocycles. The van der Waals surface area contributed by atoms with E-state index < -0.39 is 0 Å². The van der Waals surface area contributed by atoms with Gasteiger partial charge in [0.15, 0.2) is 5.01 Å². The number of aromatic nitrogens is 4. The van der Waals surface area contributed by atoms with Gasteiger partial charge in [0.2, 0.25) is 0 Å². The van der Waals surface area contributed by atoms with Crippen molar-refractivity contribution in [3.8, 4) is 16.3 Å². The first-order valence-corrected chi connectivity index (χ1v) is 6.49. The second kappa shape index (κ2) is 5.53. The lowest BCUT2D eigenvalue weighted by Crippen LogP contribution is -1.94. The molecule has 0 radical (unpaired) electrons. The van der Waals surface area contributed by atoms with Crippen molar-refractivity contribution in [2.24, 2.45) is 0 Å². The smallest absolute Gasteiger partial charge is 0.155 e. The SMILES string of the molecule is c1cc(OCc2nnc(-c3ccncc3)s2)ccn1. The summed E-state index contributed by atoms with van der Waals surface area (Å²) in [5.74, 6) is 0.774. The zero-order valence-corrected chi connectivity index (χ0v) is 10.7. The Labute approximate surface area is 114 Å². The van der Waals surface area contributed by atoms with Crippen LogP contribution in [0.15, 0.2) is 49.1 Å². The number of ether oxygens (including phenoxy) is 1. The van der Waals surface area contributed by atoms with Gasteiger partial charge in [-0.1, -0.05) is 11.3 Å². The fourth-order valence-electron chi connectivity index (χ4n) is 1.50. The highest BCUT2D eigenvalue weighted by Crippen LogP contribution is 2.23. The van der Waals surface area contributed by atoms with Gasteiger partial charge in [0.05, 0.1) is 0 Å². The molecule has 3 heterocycles. The van der Waals surface area contributed by atoms with Crippen LogP contribution in [-0.4, -0.2) is 20.2 Å². The van der Waals surface area contributed by atoms with Crippen LogP contribution in [0.1, 0.15) is 5.01 Å². The van der Waals surface area contributed by atoms with Crippen LogP contribution in [0, 0.1) is 0 Å². The first kappa shape index (κ1) is 11.7. The van der Waals surface area contributed by atoms with Crippen LogP contribution in [-0.2, 0) is 6.61 Å². The summed E-state index contributed by atoms with van der Waals surface area (Å²) >= 11 is 1.51. The van der Waals surface area contributed by atoms with Crippen LogP contribution >= 0.6 is 11.3 Å². The van der Waals surface area contributed by atoms with Gasteiger partial charge in [0.25, 0.3) is 0 Å². The third kappa shape index (κ3) is 2.92. The van der Waals surface area contributed by atoms with Crippen molar-refractivity contribution in [1.82, 2.24) is 20.2 Å². The van der Waals surface area contributed by atoms with Crippen molar-refractivity contribution < 1.29 is 4.74 Å². The van der Waals surface area contributed by atoms with Crippen molar-refractivity contribution in [2.45, 2.75) is 6.61 Å². The molecule has 94 valence electrons. The molecule has 0 aliphatic carbocycles. The second-order valence-electron chi connectivity index (χ2n) is 3.71. The van der Waals surface area contributed by atoms with Crippen LogP contribution < -0.4 is 4.74 Å². The van der Waals surface area contributed by atoms with Gasteiger partial charge in [-0.15, -0.1) is 10.2 Å². The molecule has 0 amide bonds. The molecular formula is C13H10N4OS. The largest absolute Gasteiger partial charge is 0.486 e. The van der Waals surface area contributed by atoms with Crippen molar-refractivity contribution in [2.75, 3.05) is 0 Å². The Morgan fingerprint density at radius 1 is 0.895 bits per heavy atom. The van der Waals surface area contributed by atoms with E-state index in [1.165, 1.54) is 11.3 Å². The van der Waals surface area contributed by atoms with Crippen molar-refractivity contribution in [1.29, 1.82) is 0 Å². The third-order valence-corrected chi connectivity index (χ3v) is 3.35. The quantitative estimate of drug-likeness (QED) is 0.729. The van der Waals surface area contributed by atoms with E-state index in [0.29, 0.717) is 6.61 Å². The average Bonchev–Trinajstić information content (AvgIpc) is 2.96. The van der Waals surface area contributed by atoms with E-state index in [9.17, 15) is 0 Å². The number of rotatable bonds is 4. The van der Waals surface area contributed by atoms with Gasteiger partial charge in [-0.05, 0) is 24.3 Å². The lowest BCUT2D eigenvalue weighted by molar-refractivity contribution is 0.304. The Morgan fingerprint density at radius 3 is 2.32 bits per heavy atom. The molecule has 3 aromatic rings. The van der Waals surface area contributed by atoms with E-state index >= 15 is 0 Å². The normalized spacial score (nSPS) is 10.3. The Morgan fingerprint density at radius 2 is 1.58 bits per heavy atom. The Balaban J connectivity index is 1.69. The van der Waals surface area contributed by atoms with Crippen molar-refractivity contribution >= 4 is 11.3 Å². The van der Waals surface area contributed by atoms with Crippen LogP contribution in [0.5, 0.6) is 5.75 Å². The molecular weight excluding hydrogens is 260 g/mol. The topological polar surface area (TPSA) is 60.8 Å². The maximum Gasteiger partial charge on any atom is 0.155 e. The number of hydrogen-bond acceptors (Lipinski definition) is 6. The van der Waals surface area contributed by atoms with Crippen molar-refractivity contribution in [3.05, 3.63) is 54.1 Å². The molecule has 0 fully saturated rings. The molecule has 0 aliphatic rings. The van der Waals surface area contributed by atoms with Gasteiger partial charge in [0.1, 0.15) is 17.4 Å². The van der Waals surface area contributed by atoms with E-state index in [0.717, 1.165) is 21.3 Å². The van der Waals surface area contributed by atoms with Gasteiger partial charge in [0, 0.05) is 30.4 Å². The summed E-state index contributed by atoms with van der Waals surface area (Å²) < 4.78 is 5.60. The van der Waals surface area contributed by atoms with E-state index in [1.54, 1.807) is 24.8 Å². The van der Waals surface area contributed by atoms with Crippen LogP contribution in [0.25, 0.3) is 10.6 Å². The summed E-state index contributed by atoms with van der Waals surface area (Å²) in [6.07, 6.45) is 6.86. The predicted molar refractivity (Wildman–Crippen MR) is 71.7 cm³/mol. The zero-order valence-electron chi connectivity index (χ0n) is 9.93. The summed E-state index contributed by atoms with van der Waals surface area (Å²) in [6.45, 7) is 0.409. The molecule has 0 aliphatic heterocycles. The van der Waals surface area contributed by atoms with Gasteiger partial charge in [-0.25, -0.2) is 0 Å². The highest BCUT2D eigenvalue weighted by molar-refractivity contribution is 7.14. The minimum atomic E-state index is 0.409. The minimum Gasteiger partial charge on any atom is -0.486 e. The lowest BCUT2D eigenvalue weighted by atomic mass is 10.3. The van der Waals surface area contributed by atoms with Gasteiger partial charge in [-0.3, -0.25) is 9.97 Å². The Kier molecular flexibility index (Phi) is 3.42. The number of pyridine rings is 2. The highest BCUT2D eigenvalue weighted by atomic mass is 32.1. The summed E-state index contributed by atoms with van der Waals surface area (Å²) in [5.41, 5.74) is 1.02. The van der Waals surface area contributed by atoms with Crippen LogP contribution in [0.4, 0.5) is 0 Å². The molecule has 6 heteroatoms. The molecule has 0 spiro atoms. The zero-order chi connectivity index (χ0) is 12.9. The third-order valence-electron chi connectivity index (χ3n) is 2.41. The molecule has 0 saturated heterocycles. The van der Waals surface area contributed by atoms with Crippen LogP contribution in [0.3, 0.4) is 0 Å². The summed E-state index contributed by atoms with van der Waals surface area (Å²) in [4.78, 5) is 7.91. The fraction of sp³-hybridized carbons (Fsp3) is 0.0769. The maximum absolute atomic E-state index is 5.60. The maximum atomic E-state index is 5.60. The molecule has 0 unspecified atom stereocenters.